The molecule has 0 aliphatic carbocycles. The van der Waals surface area contributed by atoms with E-state index in [0.29, 0.717) is 38.2 Å². The molecule has 0 aromatic heterocycles. The molecule has 6 nitrogen and oxygen atoms in total. The Morgan fingerprint density at radius 2 is 1.67 bits per heavy atom. The van der Waals surface area contributed by atoms with Crippen molar-refractivity contribution in [3.05, 3.63) is 107 Å². The largest absolute Gasteiger partial charge is 0.377 e. The standard InChI is InChI=1S/C29H28N2O4S/c32-27(26(17-20-9-3-1-4-10-20)36-29(34)21-11-5-2-6-12-21)30-24-18-22-13-7-8-14-23(22)25-19-35-16-15-31(25)28(24)33/h1-14,24-26H,15-19H2,(H,30,32)/t24?,25?,26-/m0/s1. The molecule has 1 N–H and O–H groups in total. The van der Waals surface area contributed by atoms with E-state index in [-0.39, 0.29) is 23.0 Å². The monoisotopic (exact) mass is 500 g/mol. The molecule has 2 amide bonds. The quantitative estimate of drug-likeness (QED) is 0.557. The molecular formula is C29H28N2O4S. The Bertz CT molecular complexity index is 1230. The van der Waals surface area contributed by atoms with Crippen molar-refractivity contribution in [1.29, 1.82) is 0 Å². The van der Waals surface area contributed by atoms with Gasteiger partial charge >= 0.3 is 0 Å². The fourth-order valence-electron chi connectivity index (χ4n) is 4.84. The van der Waals surface area contributed by atoms with E-state index in [1.807, 2.05) is 65.6 Å². The highest BCUT2D eigenvalue weighted by Crippen LogP contribution is 2.32. The van der Waals surface area contributed by atoms with E-state index in [9.17, 15) is 14.4 Å². The summed E-state index contributed by atoms with van der Waals surface area (Å²) in [6.45, 7) is 1.41. The topological polar surface area (TPSA) is 75.7 Å². The Balaban J connectivity index is 1.39. The van der Waals surface area contributed by atoms with Crippen LogP contribution in [0.2, 0.25) is 0 Å². The van der Waals surface area contributed by atoms with Gasteiger partial charge in [-0.1, -0.05) is 96.7 Å². The van der Waals surface area contributed by atoms with Gasteiger partial charge in [-0.25, -0.2) is 0 Å². The van der Waals surface area contributed by atoms with E-state index in [1.54, 1.807) is 24.3 Å². The van der Waals surface area contributed by atoms with Gasteiger partial charge in [-0.2, -0.15) is 0 Å². The summed E-state index contributed by atoms with van der Waals surface area (Å²) in [5.74, 6) is -0.415. The molecule has 0 saturated carbocycles. The summed E-state index contributed by atoms with van der Waals surface area (Å²) in [7, 11) is 0. The lowest BCUT2D eigenvalue weighted by Crippen LogP contribution is -2.53. The van der Waals surface area contributed by atoms with Crippen molar-refractivity contribution in [3.8, 4) is 0 Å². The van der Waals surface area contributed by atoms with Gasteiger partial charge in [-0.3, -0.25) is 14.4 Å². The number of nitrogens with zero attached hydrogens (tertiary/aromatic N) is 1. The van der Waals surface area contributed by atoms with Gasteiger partial charge in [-0.05, 0) is 23.1 Å². The Hall–Kier alpha value is -3.42. The molecule has 2 aliphatic rings. The number of hydrogen-bond acceptors (Lipinski definition) is 5. The van der Waals surface area contributed by atoms with Crippen LogP contribution in [0.25, 0.3) is 0 Å². The third kappa shape index (κ3) is 5.37. The number of fused-ring (bicyclic) bond motifs is 3. The van der Waals surface area contributed by atoms with Gasteiger partial charge < -0.3 is 15.0 Å². The highest BCUT2D eigenvalue weighted by atomic mass is 32.2. The predicted molar refractivity (Wildman–Crippen MR) is 140 cm³/mol. The average Bonchev–Trinajstić information content (AvgIpc) is 3.04. The third-order valence-corrected chi connectivity index (χ3v) is 7.79. The third-order valence-electron chi connectivity index (χ3n) is 6.68. The number of morpholine rings is 1. The molecule has 0 spiro atoms. The maximum absolute atomic E-state index is 13.6. The Labute approximate surface area is 215 Å². The predicted octanol–water partition coefficient (Wildman–Crippen LogP) is 3.81. The first kappa shape index (κ1) is 24.3. The second-order valence-electron chi connectivity index (χ2n) is 9.04. The van der Waals surface area contributed by atoms with Crippen molar-refractivity contribution in [2.45, 2.75) is 30.2 Å². The van der Waals surface area contributed by atoms with Crippen LogP contribution in [0.5, 0.6) is 0 Å². The molecule has 3 atom stereocenters. The number of carbonyl (C=O) groups excluding carboxylic acids is 3. The van der Waals surface area contributed by atoms with Crippen molar-refractivity contribution in [3.63, 3.8) is 0 Å². The van der Waals surface area contributed by atoms with Gasteiger partial charge in [0.2, 0.25) is 16.9 Å². The fourth-order valence-corrected chi connectivity index (χ4v) is 5.82. The molecule has 2 heterocycles. The maximum atomic E-state index is 13.6. The van der Waals surface area contributed by atoms with Gasteiger partial charge in [-0.15, -0.1) is 0 Å². The Morgan fingerprint density at radius 3 is 2.44 bits per heavy atom. The SMILES string of the molecule is O=C(S[C@@H](Cc1ccccc1)C(=O)NC1Cc2ccccc2C2COCCN2C1=O)c1ccccc1. The lowest BCUT2D eigenvalue weighted by atomic mass is 9.97. The van der Waals surface area contributed by atoms with Gasteiger partial charge in [0.1, 0.15) is 6.04 Å². The number of carbonyl (C=O) groups is 3. The van der Waals surface area contributed by atoms with Crippen LogP contribution in [0.3, 0.4) is 0 Å². The summed E-state index contributed by atoms with van der Waals surface area (Å²) in [5, 5.41) is 2.17. The van der Waals surface area contributed by atoms with E-state index in [4.69, 9.17) is 4.74 Å². The normalized spacial score (nSPS) is 20.0. The molecule has 184 valence electrons. The first-order chi connectivity index (χ1) is 17.6. The summed E-state index contributed by atoms with van der Waals surface area (Å²) in [6, 6.07) is 25.7. The Morgan fingerprint density at radius 1 is 0.972 bits per heavy atom. The zero-order chi connectivity index (χ0) is 24.9. The van der Waals surface area contributed by atoms with Gasteiger partial charge in [0.05, 0.1) is 24.5 Å². The maximum Gasteiger partial charge on any atom is 0.246 e. The van der Waals surface area contributed by atoms with Crippen molar-refractivity contribution in [2.75, 3.05) is 19.8 Å². The number of nitrogens with one attached hydrogen (secondary N) is 1. The van der Waals surface area contributed by atoms with Gasteiger partial charge in [0.25, 0.3) is 0 Å². The van der Waals surface area contributed by atoms with E-state index in [2.05, 4.69) is 5.32 Å². The van der Waals surface area contributed by atoms with Crippen molar-refractivity contribution in [2.24, 2.45) is 0 Å². The average molecular weight is 501 g/mol. The van der Waals surface area contributed by atoms with Crippen molar-refractivity contribution < 1.29 is 19.1 Å². The van der Waals surface area contributed by atoms with Gasteiger partial charge in [0, 0.05) is 18.5 Å². The number of benzene rings is 3. The highest BCUT2D eigenvalue weighted by Gasteiger charge is 2.39. The second kappa shape index (κ2) is 11.1. The summed E-state index contributed by atoms with van der Waals surface area (Å²) in [4.78, 5) is 42.1. The van der Waals surface area contributed by atoms with E-state index >= 15 is 0 Å². The minimum Gasteiger partial charge on any atom is -0.377 e. The smallest absolute Gasteiger partial charge is 0.246 e. The minimum atomic E-state index is -0.701. The molecule has 5 rings (SSSR count). The first-order valence-corrected chi connectivity index (χ1v) is 13.0. The molecule has 3 aromatic rings. The summed E-state index contributed by atoms with van der Waals surface area (Å²) in [5.41, 5.74) is 3.60. The van der Waals surface area contributed by atoms with E-state index < -0.39 is 11.3 Å². The van der Waals surface area contributed by atoms with E-state index in [1.165, 1.54) is 0 Å². The molecule has 2 unspecified atom stereocenters. The molecule has 3 aromatic carbocycles. The van der Waals surface area contributed by atoms with Gasteiger partial charge in [0.15, 0.2) is 0 Å². The number of hydrogen-bond donors (Lipinski definition) is 1. The molecule has 7 heteroatoms. The zero-order valence-electron chi connectivity index (χ0n) is 19.8. The van der Waals surface area contributed by atoms with Crippen LogP contribution >= 0.6 is 11.8 Å². The van der Waals surface area contributed by atoms with Crippen LogP contribution in [0.4, 0.5) is 0 Å². The van der Waals surface area contributed by atoms with Crippen LogP contribution in [-0.4, -0.2) is 52.9 Å². The number of rotatable bonds is 6. The molecule has 0 radical (unpaired) electrons. The fraction of sp³-hybridized carbons (Fsp3) is 0.276. The number of ether oxygens (including phenoxy) is 1. The molecule has 36 heavy (non-hydrogen) atoms. The van der Waals surface area contributed by atoms with Crippen LogP contribution < -0.4 is 5.32 Å². The van der Waals surface area contributed by atoms with Crippen LogP contribution in [0.15, 0.2) is 84.9 Å². The minimum absolute atomic E-state index is 0.106. The zero-order valence-corrected chi connectivity index (χ0v) is 20.7. The molecule has 1 fully saturated rings. The lowest BCUT2D eigenvalue weighted by Gasteiger charge is -2.36. The lowest BCUT2D eigenvalue weighted by molar-refractivity contribution is -0.143. The summed E-state index contributed by atoms with van der Waals surface area (Å²) >= 11 is 1.01. The number of thioether (sulfide) groups is 1. The highest BCUT2D eigenvalue weighted by molar-refractivity contribution is 8.15. The molecule has 2 aliphatic heterocycles. The first-order valence-electron chi connectivity index (χ1n) is 12.2. The van der Waals surface area contributed by atoms with E-state index in [0.717, 1.165) is 28.5 Å². The molecule has 0 bridgehead atoms. The molecular weight excluding hydrogens is 472 g/mol. The summed E-state index contributed by atoms with van der Waals surface area (Å²) < 4.78 is 5.68. The van der Waals surface area contributed by atoms with Crippen LogP contribution in [0.1, 0.15) is 33.1 Å². The van der Waals surface area contributed by atoms with Crippen LogP contribution in [-0.2, 0) is 27.2 Å². The Kier molecular flexibility index (Phi) is 7.49. The van der Waals surface area contributed by atoms with Crippen molar-refractivity contribution in [1.82, 2.24) is 10.2 Å². The number of amides is 2. The summed E-state index contributed by atoms with van der Waals surface area (Å²) in [6.07, 6.45) is 0.788. The van der Waals surface area contributed by atoms with Crippen molar-refractivity contribution >= 4 is 28.7 Å². The van der Waals surface area contributed by atoms with Crippen LogP contribution in [0, 0.1) is 0 Å². The molecule has 1 saturated heterocycles. The second-order valence-corrected chi connectivity index (χ2v) is 10.2.